The number of aryl methyl sites for hydroxylation is 1. The molecular formula is C24H28N4O2. The third-order valence-corrected chi connectivity index (χ3v) is 5.19. The lowest BCUT2D eigenvalue weighted by Crippen LogP contribution is -2.28. The van der Waals surface area contributed by atoms with Crippen LogP contribution in [0, 0.1) is 12.3 Å². The Morgan fingerprint density at radius 1 is 1.10 bits per heavy atom. The van der Waals surface area contributed by atoms with Crippen LogP contribution in [-0.2, 0) is 0 Å². The molecule has 0 spiro atoms. The van der Waals surface area contributed by atoms with Crippen molar-refractivity contribution in [3.8, 4) is 17.0 Å². The first-order valence-corrected chi connectivity index (χ1v) is 9.87. The van der Waals surface area contributed by atoms with Crippen molar-refractivity contribution in [1.29, 1.82) is 0 Å². The second-order valence-corrected chi connectivity index (χ2v) is 8.52. The fourth-order valence-electron chi connectivity index (χ4n) is 3.01. The van der Waals surface area contributed by atoms with E-state index in [0.717, 1.165) is 11.1 Å². The van der Waals surface area contributed by atoms with E-state index >= 15 is 0 Å². The Morgan fingerprint density at radius 2 is 1.80 bits per heavy atom. The highest BCUT2D eigenvalue weighted by Gasteiger charge is 2.22. The predicted octanol–water partition coefficient (Wildman–Crippen LogP) is 4.44. The van der Waals surface area contributed by atoms with Crippen LogP contribution in [0.4, 0.5) is 0 Å². The van der Waals surface area contributed by atoms with Crippen molar-refractivity contribution < 1.29 is 9.53 Å². The molecule has 156 valence electrons. The molecular weight excluding hydrogens is 376 g/mol. The van der Waals surface area contributed by atoms with Crippen molar-refractivity contribution in [2.24, 2.45) is 21.9 Å². The zero-order valence-corrected chi connectivity index (χ0v) is 18.1. The number of nitrogens with two attached hydrogens (primary N) is 2. The van der Waals surface area contributed by atoms with Gasteiger partial charge in [-0.25, -0.2) is 4.98 Å². The summed E-state index contributed by atoms with van der Waals surface area (Å²) < 4.78 is 6.11. The monoisotopic (exact) mass is 404 g/mol. The maximum atomic E-state index is 12.8. The number of nitrogens with zero attached hydrogens (tertiary/aromatic N) is 2. The molecule has 1 amide bonds. The first kappa shape index (κ1) is 21.3. The van der Waals surface area contributed by atoms with Gasteiger partial charge in [0.05, 0.1) is 16.8 Å². The zero-order chi connectivity index (χ0) is 22.1. The number of hydrogen-bond donors (Lipinski definition) is 2. The van der Waals surface area contributed by atoms with E-state index < -0.39 is 5.91 Å². The predicted molar refractivity (Wildman–Crippen MR) is 122 cm³/mol. The molecule has 3 rings (SSSR count). The van der Waals surface area contributed by atoms with Crippen molar-refractivity contribution in [1.82, 2.24) is 4.98 Å². The maximum Gasteiger partial charge on any atom is 0.280 e. The van der Waals surface area contributed by atoms with E-state index in [-0.39, 0.29) is 17.5 Å². The molecule has 0 aliphatic rings. The lowest BCUT2D eigenvalue weighted by molar-refractivity contribution is 0.100. The van der Waals surface area contributed by atoms with Gasteiger partial charge in [0.1, 0.15) is 11.9 Å². The number of carbonyl (C=O) groups is 1. The number of fused-ring (bicyclic) bond motifs is 1. The molecule has 1 atom stereocenters. The summed E-state index contributed by atoms with van der Waals surface area (Å²) in [5.41, 5.74) is 14.6. The van der Waals surface area contributed by atoms with Crippen LogP contribution in [0.1, 0.15) is 43.6 Å². The second kappa shape index (κ2) is 8.14. The van der Waals surface area contributed by atoms with Crippen LogP contribution < -0.4 is 16.2 Å². The Hall–Kier alpha value is -3.41. The Kier molecular flexibility index (Phi) is 5.78. The van der Waals surface area contributed by atoms with E-state index in [1.165, 1.54) is 0 Å². The zero-order valence-electron chi connectivity index (χ0n) is 18.1. The van der Waals surface area contributed by atoms with Crippen LogP contribution >= 0.6 is 0 Å². The van der Waals surface area contributed by atoms with Crippen LogP contribution in [-0.4, -0.2) is 23.0 Å². The molecule has 0 saturated carbocycles. The number of guanidine groups is 1. The molecule has 4 N–H and O–H groups in total. The van der Waals surface area contributed by atoms with Crippen molar-refractivity contribution in [3.05, 3.63) is 59.7 Å². The van der Waals surface area contributed by atoms with Crippen molar-refractivity contribution in [3.63, 3.8) is 0 Å². The van der Waals surface area contributed by atoms with Gasteiger partial charge in [0.15, 0.2) is 5.96 Å². The standard InChI is InChI=1S/C24H28N4O2/c1-14-8-6-7-9-17(14)21-13-19(22(29)28-23(25)26)18-12-16(10-11-20(18)27-21)30-15(2)24(3,4)5/h6-13,15H,1-5H3,(H4,25,26,28,29). The second-order valence-electron chi connectivity index (χ2n) is 8.52. The number of hydrogen-bond acceptors (Lipinski definition) is 3. The van der Waals surface area contributed by atoms with Gasteiger partial charge in [-0.2, -0.15) is 4.99 Å². The van der Waals surface area contributed by atoms with Crippen molar-refractivity contribution in [2.45, 2.75) is 40.7 Å². The summed E-state index contributed by atoms with van der Waals surface area (Å²) in [4.78, 5) is 21.3. The summed E-state index contributed by atoms with van der Waals surface area (Å²) >= 11 is 0. The number of pyridine rings is 1. The van der Waals surface area contributed by atoms with E-state index in [9.17, 15) is 4.79 Å². The van der Waals surface area contributed by atoms with Crippen LogP contribution in [0.5, 0.6) is 5.75 Å². The van der Waals surface area contributed by atoms with Gasteiger partial charge in [0, 0.05) is 10.9 Å². The van der Waals surface area contributed by atoms with E-state index in [2.05, 4.69) is 25.8 Å². The average Bonchev–Trinajstić information content (AvgIpc) is 2.66. The number of carbonyl (C=O) groups excluding carboxylic acids is 1. The first-order valence-electron chi connectivity index (χ1n) is 9.87. The molecule has 0 saturated heterocycles. The molecule has 1 aromatic heterocycles. The van der Waals surface area contributed by atoms with Crippen LogP contribution in [0.3, 0.4) is 0 Å². The topological polar surface area (TPSA) is 104 Å². The summed E-state index contributed by atoms with van der Waals surface area (Å²) in [5.74, 6) is -0.136. The van der Waals surface area contributed by atoms with Gasteiger partial charge in [-0.15, -0.1) is 0 Å². The van der Waals surface area contributed by atoms with E-state index in [0.29, 0.717) is 27.9 Å². The van der Waals surface area contributed by atoms with Gasteiger partial charge >= 0.3 is 0 Å². The van der Waals surface area contributed by atoms with Gasteiger partial charge in [-0.05, 0) is 49.1 Å². The number of rotatable bonds is 4. The van der Waals surface area contributed by atoms with E-state index in [4.69, 9.17) is 21.2 Å². The van der Waals surface area contributed by atoms with Gasteiger partial charge in [-0.3, -0.25) is 4.79 Å². The molecule has 0 fully saturated rings. The van der Waals surface area contributed by atoms with Crippen molar-refractivity contribution in [2.75, 3.05) is 0 Å². The van der Waals surface area contributed by atoms with Crippen molar-refractivity contribution >= 4 is 22.8 Å². The van der Waals surface area contributed by atoms with Gasteiger partial charge < -0.3 is 16.2 Å². The molecule has 0 bridgehead atoms. The number of aliphatic imine (C=N–C) groups is 1. The molecule has 0 aliphatic carbocycles. The minimum atomic E-state index is -0.516. The fourth-order valence-corrected chi connectivity index (χ4v) is 3.01. The third-order valence-electron chi connectivity index (χ3n) is 5.19. The van der Waals surface area contributed by atoms with Gasteiger partial charge in [0.2, 0.25) is 0 Å². The number of ether oxygens (including phenoxy) is 1. The molecule has 0 radical (unpaired) electrons. The smallest absolute Gasteiger partial charge is 0.280 e. The highest BCUT2D eigenvalue weighted by Crippen LogP contribution is 2.31. The first-order chi connectivity index (χ1) is 14.1. The molecule has 1 heterocycles. The quantitative estimate of drug-likeness (QED) is 0.494. The maximum absolute atomic E-state index is 12.8. The molecule has 0 aliphatic heterocycles. The normalized spacial score (nSPS) is 12.4. The summed E-state index contributed by atoms with van der Waals surface area (Å²) in [7, 11) is 0. The van der Waals surface area contributed by atoms with E-state index in [1.54, 1.807) is 6.07 Å². The summed E-state index contributed by atoms with van der Waals surface area (Å²) in [5, 5.41) is 0.640. The van der Waals surface area contributed by atoms with Gasteiger partial charge in [-0.1, -0.05) is 45.0 Å². The molecule has 2 aromatic carbocycles. The number of benzene rings is 2. The van der Waals surface area contributed by atoms with Crippen LogP contribution in [0.25, 0.3) is 22.2 Å². The molecule has 3 aromatic rings. The average molecular weight is 405 g/mol. The van der Waals surface area contributed by atoms with Crippen LogP contribution in [0.2, 0.25) is 0 Å². The minimum absolute atomic E-state index is 0.0222. The Labute approximate surface area is 177 Å². The van der Waals surface area contributed by atoms with Gasteiger partial charge in [0.25, 0.3) is 5.91 Å². The largest absolute Gasteiger partial charge is 0.490 e. The highest BCUT2D eigenvalue weighted by atomic mass is 16.5. The highest BCUT2D eigenvalue weighted by molar-refractivity contribution is 6.11. The summed E-state index contributed by atoms with van der Waals surface area (Å²) in [6.07, 6.45) is -0.0222. The van der Waals surface area contributed by atoms with Crippen LogP contribution in [0.15, 0.2) is 53.5 Å². The third kappa shape index (κ3) is 4.59. The Morgan fingerprint density at radius 3 is 2.43 bits per heavy atom. The molecule has 30 heavy (non-hydrogen) atoms. The SMILES string of the molecule is Cc1ccccc1-c1cc(C(=O)N=C(N)N)c2cc(OC(C)C(C)(C)C)ccc2n1. The molecule has 1 unspecified atom stereocenters. The lowest BCUT2D eigenvalue weighted by Gasteiger charge is -2.28. The Bertz CT molecular complexity index is 1130. The molecule has 6 nitrogen and oxygen atoms in total. The van der Waals surface area contributed by atoms with E-state index in [1.807, 2.05) is 56.3 Å². The fraction of sp³-hybridized carbons (Fsp3) is 0.292. The summed E-state index contributed by atoms with van der Waals surface area (Å²) in [6.45, 7) is 10.4. The summed E-state index contributed by atoms with van der Waals surface area (Å²) in [6, 6.07) is 15.2. The lowest BCUT2D eigenvalue weighted by atomic mass is 9.90. The number of aromatic nitrogens is 1. The molecule has 6 heteroatoms. The number of amides is 1. The Balaban J connectivity index is 2.19. The minimum Gasteiger partial charge on any atom is -0.490 e.